The summed E-state index contributed by atoms with van der Waals surface area (Å²) < 4.78 is 32.7. The van der Waals surface area contributed by atoms with Crippen LogP contribution in [0.1, 0.15) is 12.0 Å². The molecule has 86 valence electrons. The molecule has 1 unspecified atom stereocenters. The molecule has 1 aliphatic rings. The van der Waals surface area contributed by atoms with Gasteiger partial charge < -0.3 is 9.84 Å². The predicted molar refractivity (Wildman–Crippen MR) is 54.7 cm³/mol. The molecule has 0 radical (unpaired) electrons. The zero-order valence-electron chi connectivity index (χ0n) is 7.91. The number of alkyl halides is 2. The molecule has 1 aliphatic heterocycles. The van der Waals surface area contributed by atoms with E-state index in [1.54, 1.807) is 0 Å². The van der Waals surface area contributed by atoms with Crippen LogP contribution >= 0.6 is 15.9 Å². The second kappa shape index (κ2) is 3.69. The Kier molecular flexibility index (Phi) is 2.61. The van der Waals surface area contributed by atoms with Gasteiger partial charge in [0.05, 0.1) is 12.0 Å². The van der Waals surface area contributed by atoms with Crippen molar-refractivity contribution in [3.63, 3.8) is 0 Å². The van der Waals surface area contributed by atoms with Gasteiger partial charge >= 0.3 is 5.97 Å². The van der Waals surface area contributed by atoms with Crippen molar-refractivity contribution < 1.29 is 23.4 Å². The van der Waals surface area contributed by atoms with Gasteiger partial charge in [0.1, 0.15) is 5.75 Å². The maximum Gasteiger partial charge on any atom is 0.345 e. The van der Waals surface area contributed by atoms with E-state index in [4.69, 9.17) is 9.84 Å². The smallest absolute Gasteiger partial charge is 0.345 e. The van der Waals surface area contributed by atoms with Crippen LogP contribution in [0.4, 0.5) is 8.78 Å². The van der Waals surface area contributed by atoms with E-state index >= 15 is 0 Å². The highest BCUT2D eigenvalue weighted by Crippen LogP contribution is 2.44. The number of carbonyl (C=O) groups is 1. The maximum absolute atomic E-state index is 13.6. The number of carboxylic acid groups (broad SMARTS) is 1. The van der Waals surface area contributed by atoms with E-state index in [0.717, 1.165) is 0 Å². The topological polar surface area (TPSA) is 46.5 Å². The Bertz CT molecular complexity index is 448. The van der Waals surface area contributed by atoms with E-state index in [9.17, 15) is 13.6 Å². The van der Waals surface area contributed by atoms with Crippen LogP contribution < -0.4 is 4.74 Å². The third-order valence-electron chi connectivity index (χ3n) is 2.32. The summed E-state index contributed by atoms with van der Waals surface area (Å²) in [5.41, 5.74) is -0.278. The van der Waals surface area contributed by atoms with Crippen molar-refractivity contribution in [3.05, 3.63) is 28.2 Å². The number of rotatable bonds is 1. The fraction of sp³-hybridized carbons (Fsp3) is 0.300. The van der Waals surface area contributed by atoms with E-state index in [0.29, 0.717) is 4.47 Å². The monoisotopic (exact) mass is 292 g/mol. The summed E-state index contributed by atoms with van der Waals surface area (Å²) in [5.74, 6) is -4.64. The first-order chi connectivity index (χ1) is 7.40. The van der Waals surface area contributed by atoms with Crippen LogP contribution in [0.25, 0.3) is 0 Å². The molecule has 6 heteroatoms. The molecule has 1 aromatic rings. The third kappa shape index (κ3) is 1.89. The lowest BCUT2D eigenvalue weighted by molar-refractivity contribution is -0.153. The summed E-state index contributed by atoms with van der Waals surface area (Å²) in [6.45, 7) is 0. The number of hydrogen-bond acceptors (Lipinski definition) is 2. The highest BCUT2D eigenvalue weighted by molar-refractivity contribution is 9.10. The summed E-state index contributed by atoms with van der Waals surface area (Å²) in [6, 6.07) is 4.11. The zero-order chi connectivity index (χ0) is 11.9. The SMILES string of the molecule is O=C(O)C1CC(F)(F)c2cc(Br)ccc2O1. The molecule has 0 amide bonds. The highest BCUT2D eigenvalue weighted by Gasteiger charge is 2.45. The van der Waals surface area contributed by atoms with Crippen LogP contribution in [0, 0.1) is 0 Å². The summed E-state index contributed by atoms with van der Waals surface area (Å²) in [7, 11) is 0. The Labute approximate surface area is 98.2 Å². The van der Waals surface area contributed by atoms with Gasteiger partial charge in [0.15, 0.2) is 0 Å². The van der Waals surface area contributed by atoms with Crippen molar-refractivity contribution >= 4 is 21.9 Å². The van der Waals surface area contributed by atoms with E-state index in [1.807, 2.05) is 0 Å². The van der Waals surface area contributed by atoms with Crippen molar-refractivity contribution in [2.24, 2.45) is 0 Å². The summed E-state index contributed by atoms with van der Waals surface area (Å²) >= 11 is 3.08. The number of aliphatic carboxylic acids is 1. The number of benzene rings is 1. The molecule has 1 heterocycles. The molecule has 0 saturated heterocycles. The van der Waals surface area contributed by atoms with Crippen LogP contribution in [-0.4, -0.2) is 17.2 Å². The van der Waals surface area contributed by atoms with Gasteiger partial charge in [-0.1, -0.05) is 15.9 Å². The lowest BCUT2D eigenvalue weighted by Crippen LogP contribution is -2.37. The minimum atomic E-state index is -3.18. The number of hydrogen-bond donors (Lipinski definition) is 1. The predicted octanol–water partition coefficient (Wildman–Crippen LogP) is 2.78. The molecule has 3 nitrogen and oxygen atoms in total. The zero-order valence-corrected chi connectivity index (χ0v) is 9.50. The number of halogens is 3. The van der Waals surface area contributed by atoms with Crippen molar-refractivity contribution in [1.29, 1.82) is 0 Å². The van der Waals surface area contributed by atoms with Crippen LogP contribution in [0.15, 0.2) is 22.7 Å². The Morgan fingerprint density at radius 3 is 2.88 bits per heavy atom. The Morgan fingerprint density at radius 2 is 2.25 bits per heavy atom. The van der Waals surface area contributed by atoms with Crippen molar-refractivity contribution in [1.82, 2.24) is 0 Å². The van der Waals surface area contributed by atoms with Crippen LogP contribution in [0.5, 0.6) is 5.75 Å². The van der Waals surface area contributed by atoms with Gasteiger partial charge in [-0.2, -0.15) is 0 Å². The molecule has 0 saturated carbocycles. The lowest BCUT2D eigenvalue weighted by Gasteiger charge is -2.29. The summed E-state index contributed by atoms with van der Waals surface area (Å²) in [6.07, 6.45) is -2.34. The minimum Gasteiger partial charge on any atom is -0.479 e. The first-order valence-corrected chi connectivity index (χ1v) is 5.27. The molecule has 1 aromatic carbocycles. The summed E-state index contributed by atoms with van der Waals surface area (Å²) in [4.78, 5) is 10.7. The van der Waals surface area contributed by atoms with Gasteiger partial charge in [-0.25, -0.2) is 13.6 Å². The maximum atomic E-state index is 13.6. The van der Waals surface area contributed by atoms with Gasteiger partial charge in [0.25, 0.3) is 5.92 Å². The molecule has 1 N–H and O–H groups in total. The average Bonchev–Trinajstić information content (AvgIpc) is 2.18. The number of fused-ring (bicyclic) bond motifs is 1. The summed E-state index contributed by atoms with van der Waals surface area (Å²) in [5, 5.41) is 8.68. The second-order valence-corrected chi connectivity index (χ2v) is 4.41. The molecule has 0 fully saturated rings. The Hall–Kier alpha value is -1.17. The molecular weight excluding hydrogens is 286 g/mol. The Morgan fingerprint density at radius 1 is 1.56 bits per heavy atom. The van der Waals surface area contributed by atoms with Crippen molar-refractivity contribution in [2.75, 3.05) is 0 Å². The second-order valence-electron chi connectivity index (χ2n) is 3.49. The molecule has 0 aromatic heterocycles. The third-order valence-corrected chi connectivity index (χ3v) is 2.82. The first-order valence-electron chi connectivity index (χ1n) is 4.47. The quantitative estimate of drug-likeness (QED) is 0.866. The van der Waals surface area contributed by atoms with E-state index < -0.39 is 24.4 Å². The average molecular weight is 293 g/mol. The van der Waals surface area contributed by atoms with E-state index in [1.165, 1.54) is 18.2 Å². The first kappa shape index (κ1) is 11.3. The van der Waals surface area contributed by atoms with Gasteiger partial charge in [0.2, 0.25) is 6.10 Å². The largest absolute Gasteiger partial charge is 0.479 e. The molecule has 16 heavy (non-hydrogen) atoms. The standard InChI is InChI=1S/C10H7BrF2O3/c11-5-1-2-7-6(3-5)10(12,13)4-8(16-7)9(14)15/h1-3,8H,4H2,(H,14,15). The fourth-order valence-electron chi connectivity index (χ4n) is 1.57. The van der Waals surface area contributed by atoms with Gasteiger partial charge in [-0.3, -0.25) is 0 Å². The molecular formula is C10H7BrF2O3. The van der Waals surface area contributed by atoms with Gasteiger partial charge in [-0.15, -0.1) is 0 Å². The van der Waals surface area contributed by atoms with E-state index in [-0.39, 0.29) is 11.3 Å². The van der Waals surface area contributed by atoms with Crippen molar-refractivity contribution in [2.45, 2.75) is 18.4 Å². The van der Waals surface area contributed by atoms with Crippen molar-refractivity contribution in [3.8, 4) is 5.75 Å². The molecule has 1 atom stereocenters. The molecule has 2 rings (SSSR count). The van der Waals surface area contributed by atoms with Crippen LogP contribution in [0.2, 0.25) is 0 Å². The molecule has 0 spiro atoms. The van der Waals surface area contributed by atoms with Gasteiger partial charge in [0, 0.05) is 4.47 Å². The van der Waals surface area contributed by atoms with Crippen LogP contribution in [0.3, 0.4) is 0 Å². The highest BCUT2D eigenvalue weighted by atomic mass is 79.9. The number of ether oxygens (including phenoxy) is 1. The normalized spacial score (nSPS) is 22.1. The fourth-order valence-corrected chi connectivity index (χ4v) is 1.93. The number of carboxylic acids is 1. The molecule has 0 aliphatic carbocycles. The van der Waals surface area contributed by atoms with Gasteiger partial charge in [-0.05, 0) is 18.2 Å². The lowest BCUT2D eigenvalue weighted by atomic mass is 9.98. The minimum absolute atomic E-state index is 0.0770. The Balaban J connectivity index is 2.47. The molecule has 0 bridgehead atoms. The van der Waals surface area contributed by atoms with E-state index in [2.05, 4.69) is 15.9 Å². The van der Waals surface area contributed by atoms with Crippen LogP contribution in [-0.2, 0) is 10.7 Å².